The molecule has 0 saturated heterocycles. The van der Waals surface area contributed by atoms with Gasteiger partial charge >= 0.3 is 6.03 Å². The molecule has 0 radical (unpaired) electrons. The van der Waals surface area contributed by atoms with Gasteiger partial charge in [-0.15, -0.1) is 0 Å². The first kappa shape index (κ1) is 19.6. The first-order valence-corrected chi connectivity index (χ1v) is 9.65. The Morgan fingerprint density at radius 3 is 2.32 bits per heavy atom. The molecule has 1 heterocycles. The molecule has 1 aromatic heterocycles. The van der Waals surface area contributed by atoms with Crippen LogP contribution in [0.15, 0.2) is 42.5 Å². The third-order valence-corrected chi connectivity index (χ3v) is 5.46. The molecule has 3 aromatic rings. The standard InChI is InChI=1S/C21H22N4O2S/c1-12-8-10-16(11-9-12)23-20(27)25-21-22-15(4)18(28-21)19(26)24-17-7-5-6-13(2)14(17)3/h5-11H,1-4H3,(H,24,26)(H2,22,23,25,27). The summed E-state index contributed by atoms with van der Waals surface area (Å²) in [5, 5.41) is 8.72. The molecule has 144 valence electrons. The van der Waals surface area contributed by atoms with Crippen LogP contribution in [0.3, 0.4) is 0 Å². The lowest BCUT2D eigenvalue weighted by Gasteiger charge is -2.09. The second kappa shape index (κ2) is 8.22. The van der Waals surface area contributed by atoms with E-state index in [9.17, 15) is 9.59 Å². The van der Waals surface area contributed by atoms with E-state index >= 15 is 0 Å². The minimum atomic E-state index is -0.404. The molecule has 3 N–H and O–H groups in total. The van der Waals surface area contributed by atoms with Crippen molar-refractivity contribution >= 4 is 39.8 Å². The number of benzene rings is 2. The Kier molecular flexibility index (Phi) is 5.75. The summed E-state index contributed by atoms with van der Waals surface area (Å²) in [6, 6.07) is 12.8. The fraction of sp³-hybridized carbons (Fsp3) is 0.190. The number of aryl methyl sites for hydroxylation is 3. The molecule has 6 nitrogen and oxygen atoms in total. The molecule has 0 aliphatic rings. The van der Waals surface area contributed by atoms with Crippen LogP contribution in [0.2, 0.25) is 0 Å². The van der Waals surface area contributed by atoms with Crippen molar-refractivity contribution in [2.45, 2.75) is 27.7 Å². The third kappa shape index (κ3) is 4.55. The van der Waals surface area contributed by atoms with E-state index in [-0.39, 0.29) is 5.91 Å². The van der Waals surface area contributed by atoms with Gasteiger partial charge in [0.1, 0.15) is 4.88 Å². The first-order chi connectivity index (χ1) is 13.3. The molecule has 3 rings (SSSR count). The van der Waals surface area contributed by atoms with Crippen LogP contribution >= 0.6 is 11.3 Å². The molecule has 0 atom stereocenters. The molecular formula is C21H22N4O2S. The molecule has 28 heavy (non-hydrogen) atoms. The number of hydrogen-bond donors (Lipinski definition) is 3. The lowest BCUT2D eigenvalue weighted by atomic mass is 10.1. The summed E-state index contributed by atoms with van der Waals surface area (Å²) in [4.78, 5) is 29.6. The summed E-state index contributed by atoms with van der Waals surface area (Å²) in [5.74, 6) is -0.240. The quantitative estimate of drug-likeness (QED) is 0.563. The Morgan fingerprint density at radius 2 is 1.61 bits per heavy atom. The zero-order valence-corrected chi connectivity index (χ0v) is 17.0. The highest BCUT2D eigenvalue weighted by Gasteiger charge is 2.17. The molecule has 0 aliphatic carbocycles. The minimum absolute atomic E-state index is 0.240. The molecule has 3 amide bonds. The highest BCUT2D eigenvalue weighted by Crippen LogP contribution is 2.25. The molecule has 7 heteroatoms. The van der Waals surface area contributed by atoms with Crippen LogP contribution in [0.4, 0.5) is 21.3 Å². The maximum absolute atomic E-state index is 12.7. The number of rotatable bonds is 4. The van der Waals surface area contributed by atoms with Gasteiger partial charge in [0.15, 0.2) is 5.13 Å². The molecule has 0 unspecified atom stereocenters. The lowest BCUT2D eigenvalue weighted by Crippen LogP contribution is -2.19. The van der Waals surface area contributed by atoms with Crippen molar-refractivity contribution in [2.75, 3.05) is 16.0 Å². The number of carbonyl (C=O) groups is 2. The summed E-state index contributed by atoms with van der Waals surface area (Å²) < 4.78 is 0. The number of thiazole rings is 1. The Bertz CT molecular complexity index is 1030. The summed E-state index contributed by atoms with van der Waals surface area (Å²) in [5.41, 5.74) is 5.26. The van der Waals surface area contributed by atoms with Gasteiger partial charge in [-0.1, -0.05) is 41.2 Å². The van der Waals surface area contributed by atoms with Crippen LogP contribution in [0.5, 0.6) is 0 Å². The maximum atomic E-state index is 12.7. The largest absolute Gasteiger partial charge is 0.325 e. The summed E-state index contributed by atoms with van der Waals surface area (Å²) in [7, 11) is 0. The van der Waals surface area contributed by atoms with E-state index in [1.54, 1.807) is 6.92 Å². The number of nitrogens with zero attached hydrogens (tertiary/aromatic N) is 1. The second-order valence-corrected chi connectivity index (χ2v) is 7.58. The van der Waals surface area contributed by atoms with E-state index in [0.717, 1.165) is 33.7 Å². The first-order valence-electron chi connectivity index (χ1n) is 8.83. The van der Waals surface area contributed by atoms with Gasteiger partial charge in [-0.25, -0.2) is 9.78 Å². The van der Waals surface area contributed by atoms with Crippen molar-refractivity contribution in [2.24, 2.45) is 0 Å². The average Bonchev–Trinajstić information content (AvgIpc) is 3.01. The van der Waals surface area contributed by atoms with Crippen LogP contribution in [0, 0.1) is 27.7 Å². The third-order valence-electron chi connectivity index (χ3n) is 4.39. The van der Waals surface area contributed by atoms with Crippen molar-refractivity contribution in [1.29, 1.82) is 0 Å². The maximum Gasteiger partial charge on any atom is 0.325 e. The van der Waals surface area contributed by atoms with E-state index < -0.39 is 6.03 Å². The minimum Gasteiger partial charge on any atom is -0.321 e. The molecule has 0 fully saturated rings. The van der Waals surface area contributed by atoms with Crippen LogP contribution in [-0.4, -0.2) is 16.9 Å². The number of carbonyl (C=O) groups excluding carboxylic acids is 2. The van der Waals surface area contributed by atoms with Gasteiger partial charge in [0.25, 0.3) is 5.91 Å². The highest BCUT2D eigenvalue weighted by atomic mass is 32.1. The van der Waals surface area contributed by atoms with Crippen LogP contribution in [0.25, 0.3) is 0 Å². The fourth-order valence-electron chi connectivity index (χ4n) is 2.62. The van der Waals surface area contributed by atoms with Crippen molar-refractivity contribution in [3.63, 3.8) is 0 Å². The molecule has 0 bridgehead atoms. The van der Waals surface area contributed by atoms with E-state index in [2.05, 4.69) is 20.9 Å². The van der Waals surface area contributed by atoms with Crippen molar-refractivity contribution in [3.05, 3.63) is 69.7 Å². The Labute approximate surface area is 168 Å². The molecule has 0 aliphatic heterocycles. The van der Waals surface area contributed by atoms with Gasteiger partial charge in [0, 0.05) is 11.4 Å². The number of aromatic nitrogens is 1. The Balaban J connectivity index is 1.68. The smallest absolute Gasteiger partial charge is 0.321 e. The number of hydrogen-bond acceptors (Lipinski definition) is 4. The zero-order chi connectivity index (χ0) is 20.3. The van der Waals surface area contributed by atoms with Gasteiger partial charge in [-0.05, 0) is 57.0 Å². The van der Waals surface area contributed by atoms with Gasteiger partial charge in [-0.2, -0.15) is 0 Å². The summed E-state index contributed by atoms with van der Waals surface area (Å²) in [6.07, 6.45) is 0. The second-order valence-electron chi connectivity index (χ2n) is 6.58. The van der Waals surface area contributed by atoms with E-state index in [1.165, 1.54) is 0 Å². The van der Waals surface area contributed by atoms with Gasteiger partial charge in [0.2, 0.25) is 0 Å². The number of nitrogens with one attached hydrogen (secondary N) is 3. The Morgan fingerprint density at radius 1 is 0.893 bits per heavy atom. The molecule has 2 aromatic carbocycles. The zero-order valence-electron chi connectivity index (χ0n) is 16.2. The van der Waals surface area contributed by atoms with E-state index in [0.29, 0.717) is 21.4 Å². The topological polar surface area (TPSA) is 83.1 Å². The van der Waals surface area contributed by atoms with Crippen LogP contribution in [-0.2, 0) is 0 Å². The predicted molar refractivity (Wildman–Crippen MR) is 115 cm³/mol. The summed E-state index contributed by atoms with van der Waals surface area (Å²) in [6.45, 7) is 7.69. The predicted octanol–water partition coefficient (Wildman–Crippen LogP) is 5.27. The lowest BCUT2D eigenvalue weighted by molar-refractivity contribution is 0.102. The number of urea groups is 1. The van der Waals surface area contributed by atoms with E-state index in [4.69, 9.17) is 0 Å². The van der Waals surface area contributed by atoms with Crippen LogP contribution in [0.1, 0.15) is 32.1 Å². The highest BCUT2D eigenvalue weighted by molar-refractivity contribution is 7.17. The number of anilines is 3. The molecular weight excluding hydrogens is 372 g/mol. The van der Waals surface area contributed by atoms with Gasteiger partial charge < -0.3 is 10.6 Å². The average molecular weight is 395 g/mol. The van der Waals surface area contributed by atoms with Crippen molar-refractivity contribution in [1.82, 2.24) is 4.98 Å². The Hall–Kier alpha value is -3.19. The van der Waals surface area contributed by atoms with E-state index in [1.807, 2.05) is 63.2 Å². The molecule has 0 saturated carbocycles. The fourth-order valence-corrected chi connectivity index (χ4v) is 3.48. The van der Waals surface area contributed by atoms with Crippen LogP contribution < -0.4 is 16.0 Å². The molecule has 0 spiro atoms. The van der Waals surface area contributed by atoms with Crippen molar-refractivity contribution < 1.29 is 9.59 Å². The monoisotopic (exact) mass is 394 g/mol. The SMILES string of the molecule is Cc1ccc(NC(=O)Nc2nc(C)c(C(=O)Nc3cccc(C)c3C)s2)cc1. The number of amides is 3. The van der Waals surface area contributed by atoms with Gasteiger partial charge in [0.05, 0.1) is 5.69 Å². The normalized spacial score (nSPS) is 10.4. The summed E-state index contributed by atoms with van der Waals surface area (Å²) >= 11 is 1.14. The van der Waals surface area contributed by atoms with Crippen molar-refractivity contribution in [3.8, 4) is 0 Å². The van der Waals surface area contributed by atoms with Gasteiger partial charge in [-0.3, -0.25) is 10.1 Å².